The van der Waals surface area contributed by atoms with Crippen molar-refractivity contribution < 1.29 is 14.3 Å². The maximum atomic E-state index is 11.8. The maximum Gasteiger partial charge on any atom is 0.316 e. The number of benzene rings is 2. The molecule has 24 heavy (non-hydrogen) atoms. The molecule has 2 aromatic rings. The monoisotopic (exact) mass is 322 g/mol. The highest BCUT2D eigenvalue weighted by molar-refractivity contribution is 5.76. The van der Waals surface area contributed by atoms with Gasteiger partial charge in [0.2, 0.25) is 0 Å². The number of hydrogen-bond donors (Lipinski definition) is 0. The van der Waals surface area contributed by atoms with Crippen LogP contribution >= 0.6 is 0 Å². The number of carbonyl (C=O) groups is 1. The van der Waals surface area contributed by atoms with Gasteiger partial charge in [-0.15, -0.1) is 0 Å². The van der Waals surface area contributed by atoms with Crippen LogP contribution in [0.15, 0.2) is 73.0 Å². The van der Waals surface area contributed by atoms with Gasteiger partial charge in [-0.05, 0) is 56.7 Å². The molecule has 2 aromatic carbocycles. The molecule has 0 radical (unpaired) electrons. The molecule has 0 spiro atoms. The van der Waals surface area contributed by atoms with Gasteiger partial charge in [0.05, 0.1) is 5.41 Å². The molecule has 0 heterocycles. The van der Waals surface area contributed by atoms with Crippen molar-refractivity contribution in [2.75, 3.05) is 0 Å². The fourth-order valence-corrected chi connectivity index (χ4v) is 1.77. The van der Waals surface area contributed by atoms with Crippen LogP contribution in [-0.4, -0.2) is 5.97 Å². The van der Waals surface area contributed by atoms with E-state index >= 15 is 0 Å². The van der Waals surface area contributed by atoms with Crippen molar-refractivity contribution in [1.29, 1.82) is 0 Å². The molecule has 3 heteroatoms. The Bertz CT molecular complexity index is 720. The van der Waals surface area contributed by atoms with Crippen molar-refractivity contribution in [3.05, 3.63) is 78.6 Å². The summed E-state index contributed by atoms with van der Waals surface area (Å²) in [6.45, 7) is 9.15. The summed E-state index contributed by atoms with van der Waals surface area (Å²) in [4.78, 5) is 11.8. The summed E-state index contributed by atoms with van der Waals surface area (Å²) in [5.41, 5.74) is 0.413. The number of hydrogen-bond acceptors (Lipinski definition) is 3. The summed E-state index contributed by atoms with van der Waals surface area (Å²) in [5, 5.41) is 0. The van der Waals surface area contributed by atoms with Crippen LogP contribution in [-0.2, 0) is 9.53 Å². The molecule has 0 N–H and O–H groups in total. The third kappa shape index (κ3) is 5.43. The predicted octanol–water partition coefficient (Wildman–Crippen LogP) is 5.60. The smallest absolute Gasteiger partial charge is 0.316 e. The van der Waals surface area contributed by atoms with Gasteiger partial charge < -0.3 is 9.47 Å². The number of para-hydroxylation sites is 1. The second-order valence-corrected chi connectivity index (χ2v) is 6.42. The van der Waals surface area contributed by atoms with Gasteiger partial charge in [-0.2, -0.15) is 0 Å². The minimum absolute atomic E-state index is 0.302. The molecule has 0 aliphatic carbocycles. The molecular weight excluding hydrogens is 300 g/mol. The van der Waals surface area contributed by atoms with E-state index < -0.39 is 5.41 Å². The maximum absolute atomic E-state index is 11.8. The molecule has 3 nitrogen and oxygen atoms in total. The van der Waals surface area contributed by atoms with Crippen LogP contribution < -0.4 is 4.74 Å². The Kier molecular flexibility index (Phi) is 5.59. The van der Waals surface area contributed by atoms with Crippen LogP contribution in [0, 0.1) is 5.41 Å². The molecule has 0 aliphatic heterocycles. The predicted molar refractivity (Wildman–Crippen MR) is 96.7 cm³/mol. The first-order valence-corrected chi connectivity index (χ1v) is 7.77. The number of allylic oxidation sites excluding steroid dienone is 1. The van der Waals surface area contributed by atoms with Crippen LogP contribution in [0.4, 0.5) is 0 Å². The summed E-state index contributed by atoms with van der Waals surface area (Å²) in [6.07, 6.45) is 3.52. The Labute approximate surface area is 143 Å². The third-order valence-electron chi connectivity index (χ3n) is 3.16. The van der Waals surface area contributed by atoms with E-state index in [0.29, 0.717) is 5.76 Å². The summed E-state index contributed by atoms with van der Waals surface area (Å²) in [6, 6.07) is 17.2. The molecule has 0 aliphatic rings. The molecule has 124 valence electrons. The molecule has 0 saturated heterocycles. The highest BCUT2D eigenvalue weighted by Crippen LogP contribution is 2.22. The highest BCUT2D eigenvalue weighted by Gasteiger charge is 2.23. The fourth-order valence-electron chi connectivity index (χ4n) is 1.77. The van der Waals surface area contributed by atoms with E-state index in [1.165, 1.54) is 0 Å². The van der Waals surface area contributed by atoms with E-state index in [1.54, 1.807) is 26.8 Å². The lowest BCUT2D eigenvalue weighted by molar-refractivity contribution is -0.147. The quantitative estimate of drug-likeness (QED) is 0.408. The van der Waals surface area contributed by atoms with E-state index in [4.69, 9.17) is 9.47 Å². The molecule has 0 unspecified atom stereocenters. The van der Waals surface area contributed by atoms with Crippen LogP contribution in [0.3, 0.4) is 0 Å². The SMILES string of the molecule is C=C(/C=C/c1ccc(Oc2ccccc2)cc1)OC(=O)C(C)(C)C. The summed E-state index contributed by atoms with van der Waals surface area (Å²) < 4.78 is 10.9. The van der Waals surface area contributed by atoms with Gasteiger partial charge in [0.1, 0.15) is 17.3 Å². The average Bonchev–Trinajstić information content (AvgIpc) is 2.54. The Hall–Kier alpha value is -2.81. The van der Waals surface area contributed by atoms with Gasteiger partial charge in [-0.3, -0.25) is 4.79 Å². The summed E-state index contributed by atoms with van der Waals surface area (Å²) in [5.74, 6) is 1.57. The second-order valence-electron chi connectivity index (χ2n) is 6.42. The highest BCUT2D eigenvalue weighted by atomic mass is 16.5. The largest absolute Gasteiger partial charge is 0.457 e. The Morgan fingerprint density at radius 3 is 2.12 bits per heavy atom. The summed E-state index contributed by atoms with van der Waals surface area (Å²) >= 11 is 0. The second kappa shape index (κ2) is 7.64. The van der Waals surface area contributed by atoms with Crippen LogP contribution in [0.5, 0.6) is 11.5 Å². The van der Waals surface area contributed by atoms with Gasteiger partial charge in [-0.25, -0.2) is 0 Å². The topological polar surface area (TPSA) is 35.5 Å². The van der Waals surface area contributed by atoms with Crippen molar-refractivity contribution in [1.82, 2.24) is 0 Å². The Morgan fingerprint density at radius 1 is 0.958 bits per heavy atom. The number of carbonyl (C=O) groups excluding carboxylic acids is 1. The minimum atomic E-state index is -0.548. The molecule has 0 bridgehead atoms. The molecule has 0 aromatic heterocycles. The zero-order valence-corrected chi connectivity index (χ0v) is 14.3. The number of esters is 1. The van der Waals surface area contributed by atoms with Crippen LogP contribution in [0.1, 0.15) is 26.3 Å². The number of ether oxygens (including phenoxy) is 2. The first kappa shape index (κ1) is 17.5. The lowest BCUT2D eigenvalue weighted by Gasteiger charge is -2.16. The van der Waals surface area contributed by atoms with Crippen molar-refractivity contribution in [2.45, 2.75) is 20.8 Å². The van der Waals surface area contributed by atoms with Crippen LogP contribution in [0.2, 0.25) is 0 Å². The van der Waals surface area contributed by atoms with E-state index in [1.807, 2.05) is 60.7 Å². The Balaban J connectivity index is 1.94. The van der Waals surface area contributed by atoms with Crippen LogP contribution in [0.25, 0.3) is 6.08 Å². The van der Waals surface area contributed by atoms with Crippen molar-refractivity contribution in [3.8, 4) is 11.5 Å². The van der Waals surface area contributed by atoms with Gasteiger partial charge in [0.15, 0.2) is 0 Å². The first-order chi connectivity index (χ1) is 11.3. The molecule has 0 amide bonds. The third-order valence-corrected chi connectivity index (χ3v) is 3.16. The zero-order valence-electron chi connectivity index (χ0n) is 14.3. The average molecular weight is 322 g/mol. The molecule has 0 fully saturated rings. The van der Waals surface area contributed by atoms with Gasteiger partial charge in [0.25, 0.3) is 0 Å². The fraction of sp³-hybridized carbons (Fsp3) is 0.190. The Morgan fingerprint density at radius 2 is 1.54 bits per heavy atom. The van der Waals surface area contributed by atoms with Crippen molar-refractivity contribution >= 4 is 12.0 Å². The lowest BCUT2D eigenvalue weighted by Crippen LogP contribution is -2.22. The van der Waals surface area contributed by atoms with Gasteiger partial charge in [-0.1, -0.05) is 43.0 Å². The van der Waals surface area contributed by atoms with E-state index in [-0.39, 0.29) is 5.97 Å². The van der Waals surface area contributed by atoms with E-state index in [2.05, 4.69) is 6.58 Å². The van der Waals surface area contributed by atoms with Crippen molar-refractivity contribution in [2.24, 2.45) is 5.41 Å². The van der Waals surface area contributed by atoms with Gasteiger partial charge >= 0.3 is 5.97 Å². The zero-order chi connectivity index (χ0) is 17.6. The molecule has 0 atom stereocenters. The summed E-state index contributed by atoms with van der Waals surface area (Å²) in [7, 11) is 0. The lowest BCUT2D eigenvalue weighted by atomic mass is 9.97. The normalized spacial score (nSPS) is 11.3. The number of rotatable bonds is 5. The molecular formula is C21H22O3. The standard InChI is InChI=1S/C21H22O3/c1-16(23-20(22)21(2,3)4)10-11-17-12-14-19(15-13-17)24-18-8-6-5-7-9-18/h5-15H,1H2,2-4H3/b11-10+. The minimum Gasteiger partial charge on any atom is -0.457 e. The van der Waals surface area contributed by atoms with E-state index in [0.717, 1.165) is 17.1 Å². The van der Waals surface area contributed by atoms with Crippen molar-refractivity contribution in [3.63, 3.8) is 0 Å². The van der Waals surface area contributed by atoms with E-state index in [9.17, 15) is 4.79 Å². The first-order valence-electron chi connectivity index (χ1n) is 7.77. The molecule has 2 rings (SSSR count). The molecule has 0 saturated carbocycles. The van der Waals surface area contributed by atoms with Gasteiger partial charge in [0, 0.05) is 0 Å².